The van der Waals surface area contributed by atoms with Crippen LogP contribution in [0.4, 0.5) is 9.39 Å². The van der Waals surface area contributed by atoms with Crippen molar-refractivity contribution in [3.63, 3.8) is 0 Å². The number of carbonyl (C=O) groups is 1. The van der Waals surface area contributed by atoms with E-state index in [9.17, 15) is 9.18 Å². The number of halogens is 1. The van der Waals surface area contributed by atoms with Gasteiger partial charge < -0.3 is 5.32 Å². The molecule has 0 aliphatic rings. The van der Waals surface area contributed by atoms with E-state index in [0.29, 0.717) is 10.7 Å². The highest BCUT2D eigenvalue weighted by Crippen LogP contribution is 2.31. The molecule has 25 heavy (non-hydrogen) atoms. The summed E-state index contributed by atoms with van der Waals surface area (Å²) in [6, 6.07) is 6.05. The van der Waals surface area contributed by atoms with E-state index in [1.165, 1.54) is 23.5 Å². The number of rotatable bonds is 4. The number of amides is 1. The molecule has 0 spiro atoms. The molecule has 1 amide bonds. The maximum atomic E-state index is 13.1. The number of hydrogen-bond acceptors (Lipinski definition) is 5. The van der Waals surface area contributed by atoms with Gasteiger partial charge in [-0.15, -0.1) is 22.7 Å². The molecule has 0 fully saturated rings. The van der Waals surface area contributed by atoms with Crippen LogP contribution >= 0.6 is 22.7 Å². The molecule has 0 saturated carbocycles. The zero-order valence-corrected chi connectivity index (χ0v) is 15.8. The van der Waals surface area contributed by atoms with E-state index in [4.69, 9.17) is 0 Å². The Labute approximate surface area is 153 Å². The van der Waals surface area contributed by atoms with Crippen LogP contribution in [0.2, 0.25) is 0 Å². The fraction of sp³-hybridized carbons (Fsp3) is 0.278. The molecule has 130 valence electrons. The molecular weight excluding hydrogens is 357 g/mol. The predicted octanol–water partition coefficient (Wildman–Crippen LogP) is 4.88. The van der Waals surface area contributed by atoms with Crippen LogP contribution in [0.25, 0.3) is 11.3 Å². The largest absolute Gasteiger partial charge is 0.316 e. The lowest BCUT2D eigenvalue weighted by atomic mass is 9.98. The van der Waals surface area contributed by atoms with E-state index in [1.807, 2.05) is 5.38 Å². The Kier molecular flexibility index (Phi) is 4.96. The van der Waals surface area contributed by atoms with Crippen molar-refractivity contribution in [3.05, 3.63) is 51.7 Å². The molecule has 0 bridgehead atoms. The molecule has 3 rings (SSSR count). The highest BCUT2D eigenvalue weighted by Gasteiger charge is 2.19. The van der Waals surface area contributed by atoms with E-state index in [1.54, 1.807) is 29.0 Å². The molecule has 0 atom stereocenters. The van der Waals surface area contributed by atoms with Gasteiger partial charge in [0.05, 0.1) is 22.6 Å². The van der Waals surface area contributed by atoms with Gasteiger partial charge in [0.15, 0.2) is 0 Å². The molecule has 3 aromatic rings. The average Bonchev–Trinajstić information content (AvgIpc) is 3.17. The number of thiazole rings is 2. The lowest BCUT2D eigenvalue weighted by Crippen LogP contribution is -2.15. The molecule has 0 radical (unpaired) electrons. The Balaban J connectivity index is 1.71. The number of benzene rings is 1. The Morgan fingerprint density at radius 3 is 2.56 bits per heavy atom. The lowest BCUT2D eigenvalue weighted by molar-refractivity contribution is -0.115. The first kappa shape index (κ1) is 17.7. The fourth-order valence-electron chi connectivity index (χ4n) is 2.22. The van der Waals surface area contributed by atoms with Crippen LogP contribution in [0.3, 0.4) is 0 Å². The van der Waals surface area contributed by atoms with Crippen LogP contribution in [-0.2, 0) is 16.6 Å². The van der Waals surface area contributed by atoms with Gasteiger partial charge in [0.25, 0.3) is 0 Å². The molecule has 0 aliphatic heterocycles. The maximum absolute atomic E-state index is 13.1. The van der Waals surface area contributed by atoms with Gasteiger partial charge in [0, 0.05) is 16.4 Å². The fourth-order valence-corrected chi connectivity index (χ4v) is 3.84. The summed E-state index contributed by atoms with van der Waals surface area (Å²) >= 11 is 2.91. The van der Waals surface area contributed by atoms with Gasteiger partial charge in [0.2, 0.25) is 5.91 Å². The number of aromatic nitrogens is 2. The molecule has 0 unspecified atom stereocenters. The summed E-state index contributed by atoms with van der Waals surface area (Å²) in [5, 5.41) is 6.48. The minimum absolute atomic E-state index is 0.0210. The average molecular weight is 375 g/mol. The van der Waals surface area contributed by atoms with Gasteiger partial charge >= 0.3 is 0 Å². The topological polar surface area (TPSA) is 54.9 Å². The van der Waals surface area contributed by atoms with Gasteiger partial charge in [-0.2, -0.15) is 0 Å². The monoisotopic (exact) mass is 375 g/mol. The number of nitrogens with one attached hydrogen (secondary N) is 1. The van der Waals surface area contributed by atoms with Crippen molar-refractivity contribution in [2.45, 2.75) is 32.6 Å². The SMILES string of the molecule is CC(C)(C)c1nc(CC(=O)Nc2scnc2-c2ccc(F)cc2)cs1. The standard InChI is InChI=1S/C18H18FN3OS2/c1-18(2,3)17-21-13(9-24-17)8-14(23)22-16-15(20-10-25-16)11-4-6-12(19)7-5-11/h4-7,9-10H,8H2,1-3H3,(H,22,23). The van der Waals surface area contributed by atoms with Gasteiger partial charge in [-0.3, -0.25) is 4.79 Å². The minimum Gasteiger partial charge on any atom is -0.316 e. The third-order valence-corrected chi connectivity index (χ3v) is 5.53. The van der Waals surface area contributed by atoms with Crippen molar-refractivity contribution in [1.29, 1.82) is 0 Å². The van der Waals surface area contributed by atoms with E-state index in [2.05, 4.69) is 36.1 Å². The van der Waals surface area contributed by atoms with Crippen molar-refractivity contribution in [1.82, 2.24) is 9.97 Å². The quantitative estimate of drug-likeness (QED) is 0.707. The molecule has 0 aliphatic carbocycles. The van der Waals surface area contributed by atoms with E-state index in [0.717, 1.165) is 16.3 Å². The normalized spacial score (nSPS) is 11.5. The molecule has 0 saturated heterocycles. The number of carbonyl (C=O) groups excluding carboxylic acids is 1. The molecule has 1 N–H and O–H groups in total. The molecular formula is C18H18FN3OS2. The summed E-state index contributed by atoms with van der Waals surface area (Å²) < 4.78 is 13.1. The van der Waals surface area contributed by atoms with E-state index >= 15 is 0 Å². The second kappa shape index (κ2) is 7.01. The van der Waals surface area contributed by atoms with Gasteiger partial charge in [-0.25, -0.2) is 14.4 Å². The Morgan fingerprint density at radius 1 is 1.20 bits per heavy atom. The lowest BCUT2D eigenvalue weighted by Gasteiger charge is -2.13. The van der Waals surface area contributed by atoms with Gasteiger partial charge in [0.1, 0.15) is 16.5 Å². The van der Waals surface area contributed by atoms with Crippen LogP contribution in [0.1, 0.15) is 31.5 Å². The smallest absolute Gasteiger partial charge is 0.231 e. The van der Waals surface area contributed by atoms with Gasteiger partial charge in [-0.1, -0.05) is 20.8 Å². The number of anilines is 1. The molecule has 2 aromatic heterocycles. The summed E-state index contributed by atoms with van der Waals surface area (Å²) in [5.74, 6) is -0.443. The first-order valence-electron chi connectivity index (χ1n) is 7.77. The second-order valence-corrected chi connectivity index (χ2v) is 8.37. The summed E-state index contributed by atoms with van der Waals surface area (Å²) in [4.78, 5) is 21.2. The molecule has 7 heteroatoms. The van der Waals surface area contributed by atoms with Gasteiger partial charge in [-0.05, 0) is 24.3 Å². The van der Waals surface area contributed by atoms with Crippen LogP contribution in [0.5, 0.6) is 0 Å². The highest BCUT2D eigenvalue weighted by molar-refractivity contribution is 7.14. The van der Waals surface area contributed by atoms with Crippen LogP contribution in [-0.4, -0.2) is 15.9 Å². The summed E-state index contributed by atoms with van der Waals surface area (Å²) in [7, 11) is 0. The first-order valence-corrected chi connectivity index (χ1v) is 9.53. The molecule has 1 aromatic carbocycles. The molecule has 4 nitrogen and oxygen atoms in total. The predicted molar refractivity (Wildman–Crippen MR) is 101 cm³/mol. The summed E-state index contributed by atoms with van der Waals surface area (Å²) in [6.07, 6.45) is 0.216. The maximum Gasteiger partial charge on any atom is 0.231 e. The van der Waals surface area contributed by atoms with Crippen molar-refractivity contribution in [2.24, 2.45) is 0 Å². The summed E-state index contributed by atoms with van der Waals surface area (Å²) in [6.45, 7) is 6.30. The third kappa shape index (κ3) is 4.29. The second-order valence-electron chi connectivity index (χ2n) is 6.66. The van der Waals surface area contributed by atoms with Crippen LogP contribution in [0.15, 0.2) is 35.2 Å². The molecule has 2 heterocycles. The highest BCUT2D eigenvalue weighted by atomic mass is 32.1. The van der Waals surface area contributed by atoms with Crippen molar-refractivity contribution < 1.29 is 9.18 Å². The van der Waals surface area contributed by atoms with Crippen molar-refractivity contribution in [2.75, 3.05) is 5.32 Å². The zero-order chi connectivity index (χ0) is 18.0. The van der Waals surface area contributed by atoms with E-state index in [-0.39, 0.29) is 23.6 Å². The number of hydrogen-bond donors (Lipinski definition) is 1. The first-order chi connectivity index (χ1) is 11.8. The van der Waals surface area contributed by atoms with E-state index < -0.39 is 0 Å². The third-order valence-electron chi connectivity index (χ3n) is 3.47. The van der Waals surface area contributed by atoms with Crippen molar-refractivity contribution in [3.8, 4) is 11.3 Å². The number of nitrogens with zero attached hydrogens (tertiary/aromatic N) is 2. The Morgan fingerprint density at radius 2 is 1.92 bits per heavy atom. The van der Waals surface area contributed by atoms with Crippen LogP contribution in [0, 0.1) is 5.82 Å². The minimum atomic E-state index is -0.303. The van der Waals surface area contributed by atoms with Crippen molar-refractivity contribution >= 4 is 33.6 Å². The Bertz CT molecular complexity index is 878. The summed E-state index contributed by atoms with van der Waals surface area (Å²) in [5.41, 5.74) is 3.82. The zero-order valence-electron chi connectivity index (χ0n) is 14.2. The van der Waals surface area contributed by atoms with Crippen LogP contribution < -0.4 is 5.32 Å². The Hall–Kier alpha value is -2.12.